The Kier molecular flexibility index (Phi) is 5.17. The number of hydrogen-bond acceptors (Lipinski definition) is 7. The minimum atomic E-state index is -1.40. The van der Waals surface area contributed by atoms with Crippen molar-refractivity contribution in [1.82, 2.24) is 0 Å². The van der Waals surface area contributed by atoms with Crippen LogP contribution in [0, 0.1) is 34.0 Å². The minimum absolute atomic E-state index is 0.00927. The average molecular weight is 435 g/mol. The van der Waals surface area contributed by atoms with Gasteiger partial charge >= 0.3 is 11.9 Å². The summed E-state index contributed by atoms with van der Waals surface area (Å²) in [6.07, 6.45) is 0.0966. The largest absolute Gasteiger partial charge is 0.465 e. The van der Waals surface area contributed by atoms with Crippen LogP contribution in [0.25, 0.3) is 0 Å². The van der Waals surface area contributed by atoms with E-state index in [1.807, 2.05) is 0 Å². The number of aliphatic hydroxyl groups excluding tert-OH is 2. The lowest BCUT2D eigenvalue weighted by Gasteiger charge is -2.67. The summed E-state index contributed by atoms with van der Waals surface area (Å²) in [5, 5.41) is 22.8. The van der Waals surface area contributed by atoms with E-state index >= 15 is 0 Å². The fourth-order valence-electron chi connectivity index (χ4n) is 7.89. The topological polar surface area (TPSA) is 110 Å². The van der Waals surface area contributed by atoms with Crippen molar-refractivity contribution in [3.05, 3.63) is 12.2 Å². The number of carbonyl (C=O) groups is 3. The Bertz CT molecular complexity index is 832. The molecule has 0 amide bonds. The summed E-state index contributed by atoms with van der Waals surface area (Å²) in [5.41, 5.74) is -2.14. The number of hydrogen-bond donors (Lipinski definition) is 2. The maximum atomic E-state index is 13.6. The van der Waals surface area contributed by atoms with Crippen LogP contribution in [0.5, 0.6) is 0 Å². The Balaban J connectivity index is 1.94. The lowest BCUT2D eigenvalue weighted by molar-refractivity contribution is -0.272. The van der Waals surface area contributed by atoms with Crippen molar-refractivity contribution < 1.29 is 34.1 Å². The van der Waals surface area contributed by atoms with Crippen LogP contribution in [0.4, 0.5) is 0 Å². The van der Waals surface area contributed by atoms with Gasteiger partial charge in [0.1, 0.15) is 12.7 Å². The molecule has 8 atom stereocenters. The minimum Gasteiger partial charge on any atom is -0.465 e. The average Bonchev–Trinajstić information content (AvgIpc) is 2.78. The van der Waals surface area contributed by atoms with Crippen molar-refractivity contribution >= 4 is 17.7 Å². The second-order valence-electron chi connectivity index (χ2n) is 10.8. The normalized spacial score (nSPS) is 45.5. The molecular formula is C24H34O7. The van der Waals surface area contributed by atoms with Gasteiger partial charge in [0.25, 0.3) is 0 Å². The van der Waals surface area contributed by atoms with E-state index in [-0.39, 0.29) is 36.1 Å². The first-order valence-corrected chi connectivity index (χ1v) is 11.3. The monoisotopic (exact) mass is 434 g/mol. The molecule has 31 heavy (non-hydrogen) atoms. The van der Waals surface area contributed by atoms with Crippen LogP contribution in [0.1, 0.15) is 59.8 Å². The molecule has 0 aromatic carbocycles. The van der Waals surface area contributed by atoms with Gasteiger partial charge in [-0.15, -0.1) is 0 Å². The first kappa shape index (κ1) is 22.5. The number of carbonyl (C=O) groups excluding carboxylic acids is 3. The summed E-state index contributed by atoms with van der Waals surface area (Å²) in [6, 6.07) is 0. The Hall–Kier alpha value is -1.73. The fourth-order valence-corrected chi connectivity index (χ4v) is 7.89. The molecule has 4 fully saturated rings. The second kappa shape index (κ2) is 7.14. The van der Waals surface area contributed by atoms with Crippen LogP contribution in [0.15, 0.2) is 12.2 Å². The third-order valence-electron chi connectivity index (χ3n) is 9.08. The third-order valence-corrected chi connectivity index (χ3v) is 9.08. The van der Waals surface area contributed by atoms with Gasteiger partial charge in [-0.3, -0.25) is 14.4 Å². The number of ketones is 1. The van der Waals surface area contributed by atoms with E-state index in [0.29, 0.717) is 24.8 Å². The predicted octanol–water partition coefficient (Wildman–Crippen LogP) is 2.18. The van der Waals surface area contributed by atoms with Gasteiger partial charge in [-0.1, -0.05) is 20.4 Å². The van der Waals surface area contributed by atoms with Gasteiger partial charge in [0.05, 0.1) is 17.6 Å². The lowest BCUT2D eigenvalue weighted by Crippen LogP contribution is -2.72. The first-order valence-electron chi connectivity index (χ1n) is 11.3. The van der Waals surface area contributed by atoms with E-state index in [2.05, 4.69) is 20.4 Å². The van der Waals surface area contributed by atoms with E-state index in [9.17, 15) is 24.6 Å². The number of esters is 2. The van der Waals surface area contributed by atoms with Gasteiger partial charge in [-0.05, 0) is 54.9 Å². The lowest BCUT2D eigenvalue weighted by atomic mass is 9.38. The summed E-state index contributed by atoms with van der Waals surface area (Å²) in [6.45, 7) is 10.9. The fraction of sp³-hybridized carbons (Fsp3) is 0.792. The summed E-state index contributed by atoms with van der Waals surface area (Å²) in [7, 11) is 0. The molecule has 2 bridgehead atoms. The summed E-state index contributed by atoms with van der Waals surface area (Å²) in [4.78, 5) is 37.6. The van der Waals surface area contributed by atoms with E-state index in [1.165, 1.54) is 13.8 Å². The highest BCUT2D eigenvalue weighted by Crippen LogP contribution is 2.71. The van der Waals surface area contributed by atoms with Crippen LogP contribution in [0.3, 0.4) is 0 Å². The van der Waals surface area contributed by atoms with Crippen LogP contribution in [0.2, 0.25) is 0 Å². The van der Waals surface area contributed by atoms with Gasteiger partial charge in [0, 0.05) is 25.2 Å². The first-order chi connectivity index (χ1) is 14.4. The highest BCUT2D eigenvalue weighted by atomic mass is 16.6. The highest BCUT2D eigenvalue weighted by Gasteiger charge is 2.77. The van der Waals surface area contributed by atoms with Gasteiger partial charge in [-0.2, -0.15) is 0 Å². The number of fused-ring (bicyclic) bond motifs is 3. The number of aliphatic hydroxyl groups is 2. The quantitative estimate of drug-likeness (QED) is 0.517. The third kappa shape index (κ3) is 2.81. The summed E-state index contributed by atoms with van der Waals surface area (Å²) < 4.78 is 11.5. The zero-order valence-electron chi connectivity index (χ0n) is 18.8. The molecule has 4 aliphatic rings. The van der Waals surface area contributed by atoms with Crippen LogP contribution >= 0.6 is 0 Å². The van der Waals surface area contributed by atoms with Crippen molar-refractivity contribution in [2.24, 2.45) is 34.0 Å². The van der Waals surface area contributed by atoms with Gasteiger partial charge < -0.3 is 19.7 Å². The molecule has 4 rings (SSSR count). The van der Waals surface area contributed by atoms with Crippen LogP contribution < -0.4 is 0 Å². The molecular weight excluding hydrogens is 400 g/mol. The second-order valence-corrected chi connectivity index (χ2v) is 10.8. The maximum Gasteiger partial charge on any atom is 0.302 e. The maximum absolute atomic E-state index is 13.6. The van der Waals surface area contributed by atoms with Crippen molar-refractivity contribution in [2.45, 2.75) is 78.1 Å². The number of Topliss-reactive ketones (excluding diaryl/α,β-unsaturated/α-hetero) is 1. The number of ether oxygens (including phenoxy) is 2. The summed E-state index contributed by atoms with van der Waals surface area (Å²) in [5.74, 6) is -2.18. The standard InChI is InChI=1S/C24H34O7/c1-12-15-6-7-16-23(11-30-13(2)25)17(10-18(27)24(16,20(12)28)21(15)29)22(4,5)9-8-19(23)31-14(3)26/h15-19,21,27,29H,1,6-11H2,2-5H3/t15-,16-,17+,18+,19-,21+,23-,24-/m0/s1. The molecule has 7 heteroatoms. The Morgan fingerprint density at radius 1 is 1.10 bits per heavy atom. The molecule has 172 valence electrons. The van der Waals surface area contributed by atoms with Crippen molar-refractivity contribution in [1.29, 1.82) is 0 Å². The molecule has 4 aliphatic carbocycles. The molecule has 2 N–H and O–H groups in total. The van der Waals surface area contributed by atoms with E-state index < -0.39 is 47.0 Å². The van der Waals surface area contributed by atoms with Crippen molar-refractivity contribution in [3.8, 4) is 0 Å². The van der Waals surface area contributed by atoms with Crippen molar-refractivity contribution in [3.63, 3.8) is 0 Å². The van der Waals surface area contributed by atoms with E-state index in [1.54, 1.807) is 0 Å². The van der Waals surface area contributed by atoms with Gasteiger partial charge in [-0.25, -0.2) is 0 Å². The Labute approximate surface area is 183 Å². The van der Waals surface area contributed by atoms with E-state index in [4.69, 9.17) is 9.47 Å². The molecule has 0 aromatic heterocycles. The predicted molar refractivity (Wildman–Crippen MR) is 111 cm³/mol. The molecule has 4 saturated carbocycles. The van der Waals surface area contributed by atoms with Crippen LogP contribution in [-0.4, -0.2) is 52.9 Å². The zero-order chi connectivity index (χ0) is 22.9. The van der Waals surface area contributed by atoms with Crippen LogP contribution in [-0.2, 0) is 23.9 Å². The molecule has 0 unspecified atom stereocenters. The molecule has 0 radical (unpaired) electrons. The number of rotatable bonds is 3. The van der Waals surface area contributed by atoms with Gasteiger partial charge in [0.2, 0.25) is 0 Å². The molecule has 0 aliphatic heterocycles. The molecule has 0 heterocycles. The van der Waals surface area contributed by atoms with Crippen molar-refractivity contribution in [2.75, 3.05) is 6.61 Å². The molecule has 7 nitrogen and oxygen atoms in total. The zero-order valence-corrected chi connectivity index (χ0v) is 18.8. The smallest absolute Gasteiger partial charge is 0.302 e. The molecule has 0 saturated heterocycles. The van der Waals surface area contributed by atoms with E-state index in [0.717, 1.165) is 6.42 Å². The summed E-state index contributed by atoms with van der Waals surface area (Å²) >= 11 is 0. The SMILES string of the molecule is C=C1C(=O)[C@@]23[C@H](O)C[C@@H]4C(C)(C)CC[C@H](OC(C)=O)[C@@]4(COC(C)=O)[C@@H]2CC[C@@H]1[C@H]3O. The van der Waals surface area contributed by atoms with Gasteiger partial charge in [0.15, 0.2) is 5.78 Å². The highest BCUT2D eigenvalue weighted by molar-refractivity contribution is 6.04. The molecule has 1 spiro atoms. The Morgan fingerprint density at radius 3 is 2.39 bits per heavy atom. The Morgan fingerprint density at radius 2 is 1.77 bits per heavy atom. The molecule has 0 aromatic rings.